The minimum absolute atomic E-state index is 0.00746. The number of ether oxygens (including phenoxy) is 2. The first-order valence-corrected chi connectivity index (χ1v) is 6.40. The number of rotatable bonds is 2. The predicted octanol–water partition coefficient (Wildman–Crippen LogP) is 1.99. The van der Waals surface area contributed by atoms with Crippen molar-refractivity contribution in [2.45, 2.75) is 58.8 Å². The quantitative estimate of drug-likeness (QED) is 0.759. The van der Waals surface area contributed by atoms with E-state index < -0.39 is 17.7 Å². The second-order valence-corrected chi connectivity index (χ2v) is 5.51. The van der Waals surface area contributed by atoms with Crippen LogP contribution in [0.2, 0.25) is 0 Å². The number of carbonyl (C=O) groups is 2. The minimum Gasteiger partial charge on any atom is -0.444 e. The van der Waals surface area contributed by atoms with Crippen LogP contribution >= 0.6 is 0 Å². The molecule has 1 saturated heterocycles. The van der Waals surface area contributed by atoms with Gasteiger partial charge >= 0.3 is 6.09 Å². The molecule has 1 heterocycles. The Morgan fingerprint density at radius 2 is 2.00 bits per heavy atom. The molecule has 1 amide bonds. The maximum absolute atomic E-state index is 12.1. The minimum atomic E-state index is -0.557. The third-order valence-corrected chi connectivity index (χ3v) is 2.80. The third kappa shape index (κ3) is 3.70. The number of morpholine rings is 1. The Labute approximate surface area is 108 Å². The van der Waals surface area contributed by atoms with Crippen LogP contribution in [0.3, 0.4) is 0 Å². The zero-order valence-corrected chi connectivity index (χ0v) is 11.9. The first-order valence-electron chi connectivity index (χ1n) is 6.40. The highest BCUT2D eigenvalue weighted by atomic mass is 16.6. The maximum atomic E-state index is 12.1. The highest BCUT2D eigenvalue weighted by Crippen LogP contribution is 2.19. The van der Waals surface area contributed by atoms with Crippen molar-refractivity contribution in [1.29, 1.82) is 0 Å². The van der Waals surface area contributed by atoms with Gasteiger partial charge in [0.2, 0.25) is 0 Å². The van der Waals surface area contributed by atoms with Crippen LogP contribution in [0.4, 0.5) is 4.79 Å². The van der Waals surface area contributed by atoms with Gasteiger partial charge in [-0.05, 0) is 27.7 Å². The van der Waals surface area contributed by atoms with Crippen molar-refractivity contribution in [3.63, 3.8) is 0 Å². The molecule has 0 aromatic rings. The molecule has 18 heavy (non-hydrogen) atoms. The van der Waals surface area contributed by atoms with E-state index in [1.165, 1.54) is 4.90 Å². The lowest BCUT2D eigenvalue weighted by molar-refractivity contribution is -0.135. The van der Waals surface area contributed by atoms with Crippen molar-refractivity contribution in [1.82, 2.24) is 4.90 Å². The molecule has 0 aromatic heterocycles. The molecule has 0 aliphatic carbocycles. The van der Waals surface area contributed by atoms with Gasteiger partial charge in [0, 0.05) is 13.0 Å². The molecule has 104 valence electrons. The van der Waals surface area contributed by atoms with E-state index in [0.29, 0.717) is 19.6 Å². The van der Waals surface area contributed by atoms with Crippen LogP contribution in [0.25, 0.3) is 0 Å². The van der Waals surface area contributed by atoms with Gasteiger partial charge in [-0.3, -0.25) is 9.69 Å². The summed E-state index contributed by atoms with van der Waals surface area (Å²) in [6.07, 6.45) is -0.333. The number of hydrogen-bond donors (Lipinski definition) is 0. The Kier molecular flexibility index (Phi) is 4.73. The van der Waals surface area contributed by atoms with Gasteiger partial charge in [-0.1, -0.05) is 6.92 Å². The van der Waals surface area contributed by atoms with Gasteiger partial charge in [0.05, 0.1) is 12.7 Å². The summed E-state index contributed by atoms with van der Waals surface area (Å²) in [5.74, 6) is 0.00746. The van der Waals surface area contributed by atoms with Crippen molar-refractivity contribution in [3.8, 4) is 0 Å². The predicted molar refractivity (Wildman–Crippen MR) is 67.4 cm³/mol. The van der Waals surface area contributed by atoms with E-state index in [9.17, 15) is 9.59 Å². The molecule has 1 fully saturated rings. The summed E-state index contributed by atoms with van der Waals surface area (Å²) in [5.41, 5.74) is -0.557. The monoisotopic (exact) mass is 257 g/mol. The van der Waals surface area contributed by atoms with E-state index in [1.807, 2.05) is 27.7 Å². The van der Waals surface area contributed by atoms with Crippen molar-refractivity contribution >= 4 is 11.9 Å². The van der Waals surface area contributed by atoms with Gasteiger partial charge in [-0.25, -0.2) is 4.79 Å². The highest BCUT2D eigenvalue weighted by Gasteiger charge is 2.38. The zero-order valence-electron chi connectivity index (χ0n) is 11.9. The Morgan fingerprint density at radius 3 is 2.50 bits per heavy atom. The summed E-state index contributed by atoms with van der Waals surface area (Å²) in [7, 11) is 0. The smallest absolute Gasteiger partial charge is 0.411 e. The van der Waals surface area contributed by atoms with Crippen molar-refractivity contribution in [2.24, 2.45) is 0 Å². The topological polar surface area (TPSA) is 55.8 Å². The normalized spacial score (nSPS) is 24.8. The Bertz CT molecular complexity index is 321. The molecule has 0 bridgehead atoms. The molecule has 2 unspecified atom stereocenters. The number of Topliss-reactive ketones (excluding diaryl/α,β-unsaturated/α-hetero) is 1. The van der Waals surface area contributed by atoms with E-state index in [0.717, 1.165) is 0 Å². The van der Waals surface area contributed by atoms with Crippen LogP contribution in [-0.2, 0) is 14.3 Å². The number of ketones is 1. The fourth-order valence-corrected chi connectivity index (χ4v) is 1.99. The second kappa shape index (κ2) is 5.69. The molecule has 5 nitrogen and oxygen atoms in total. The molecular weight excluding hydrogens is 234 g/mol. The lowest BCUT2D eigenvalue weighted by atomic mass is 10.0. The third-order valence-electron chi connectivity index (χ3n) is 2.80. The number of carbonyl (C=O) groups excluding carboxylic acids is 2. The van der Waals surface area contributed by atoms with Gasteiger partial charge in [0.25, 0.3) is 0 Å². The van der Waals surface area contributed by atoms with Crippen molar-refractivity contribution in [3.05, 3.63) is 0 Å². The Balaban J connectivity index is 2.82. The summed E-state index contributed by atoms with van der Waals surface area (Å²) < 4.78 is 10.8. The number of hydrogen-bond acceptors (Lipinski definition) is 4. The van der Waals surface area contributed by atoms with Gasteiger partial charge in [0.1, 0.15) is 11.6 Å². The van der Waals surface area contributed by atoms with Crippen LogP contribution in [-0.4, -0.2) is 47.7 Å². The molecule has 0 N–H and O–H groups in total. The molecule has 0 aromatic carbocycles. The summed E-state index contributed by atoms with van der Waals surface area (Å²) in [6, 6.07) is -0.529. The summed E-state index contributed by atoms with van der Waals surface area (Å²) >= 11 is 0. The van der Waals surface area contributed by atoms with Crippen LogP contribution in [0.5, 0.6) is 0 Å². The van der Waals surface area contributed by atoms with E-state index >= 15 is 0 Å². The van der Waals surface area contributed by atoms with Crippen molar-refractivity contribution < 1.29 is 19.1 Å². The molecule has 0 radical (unpaired) electrons. The van der Waals surface area contributed by atoms with Crippen LogP contribution < -0.4 is 0 Å². The average Bonchev–Trinajstić information content (AvgIpc) is 2.25. The highest BCUT2D eigenvalue weighted by molar-refractivity contribution is 5.88. The molecule has 0 spiro atoms. The van der Waals surface area contributed by atoms with E-state index in [4.69, 9.17) is 9.47 Å². The lowest BCUT2D eigenvalue weighted by Gasteiger charge is -2.39. The molecule has 1 rings (SSSR count). The largest absolute Gasteiger partial charge is 0.444 e. The first-order chi connectivity index (χ1) is 8.26. The molecule has 0 saturated carbocycles. The molecular formula is C13H23NO4. The van der Waals surface area contributed by atoms with Gasteiger partial charge in [-0.15, -0.1) is 0 Å². The maximum Gasteiger partial charge on any atom is 0.411 e. The fraction of sp³-hybridized carbons (Fsp3) is 0.846. The first kappa shape index (κ1) is 15.0. The summed E-state index contributed by atoms with van der Waals surface area (Å²) in [5, 5.41) is 0. The number of amides is 1. The van der Waals surface area contributed by atoms with Crippen LogP contribution in [0.15, 0.2) is 0 Å². The summed E-state index contributed by atoms with van der Waals surface area (Å²) in [6.45, 7) is 9.87. The average molecular weight is 257 g/mol. The lowest BCUT2D eigenvalue weighted by Crippen LogP contribution is -2.57. The Morgan fingerprint density at radius 1 is 1.39 bits per heavy atom. The number of nitrogens with zero attached hydrogens (tertiary/aromatic N) is 1. The van der Waals surface area contributed by atoms with Crippen LogP contribution in [0.1, 0.15) is 41.0 Å². The van der Waals surface area contributed by atoms with E-state index in [1.54, 1.807) is 6.92 Å². The molecule has 1 aliphatic rings. The second-order valence-electron chi connectivity index (χ2n) is 5.51. The van der Waals surface area contributed by atoms with Gasteiger partial charge in [-0.2, -0.15) is 0 Å². The zero-order chi connectivity index (χ0) is 13.9. The molecule has 1 aliphatic heterocycles. The Hall–Kier alpha value is -1.10. The van der Waals surface area contributed by atoms with Crippen molar-refractivity contribution in [2.75, 3.05) is 13.2 Å². The van der Waals surface area contributed by atoms with E-state index in [2.05, 4.69) is 0 Å². The SMILES string of the molecule is CCC(=O)C1C(C)OCCN1C(=O)OC(C)(C)C. The van der Waals surface area contributed by atoms with Crippen LogP contribution in [0, 0.1) is 0 Å². The van der Waals surface area contributed by atoms with E-state index in [-0.39, 0.29) is 11.9 Å². The molecule has 5 heteroatoms. The van der Waals surface area contributed by atoms with Gasteiger partial charge < -0.3 is 9.47 Å². The molecule has 2 atom stereocenters. The standard InChI is InChI=1S/C13H23NO4/c1-6-10(15)11-9(2)17-8-7-14(11)12(16)18-13(3,4)5/h9,11H,6-8H2,1-5H3. The van der Waals surface area contributed by atoms with Gasteiger partial charge in [0.15, 0.2) is 5.78 Å². The summed E-state index contributed by atoms with van der Waals surface area (Å²) in [4.78, 5) is 25.5. The fourth-order valence-electron chi connectivity index (χ4n) is 1.99.